The van der Waals surface area contributed by atoms with Crippen LogP contribution in [0.1, 0.15) is 0 Å². The molecule has 1 saturated heterocycles. The third kappa shape index (κ3) is 1.95. The van der Waals surface area contributed by atoms with Gasteiger partial charge in [0.1, 0.15) is 29.8 Å². The highest BCUT2D eigenvalue weighted by molar-refractivity contribution is 5.80. The van der Waals surface area contributed by atoms with Gasteiger partial charge in [-0.1, -0.05) is 0 Å². The summed E-state index contributed by atoms with van der Waals surface area (Å²) >= 11 is 0. The fourth-order valence-electron chi connectivity index (χ4n) is 2.59. The maximum Gasteiger partial charge on any atom is 0.324 e. The topological polar surface area (TPSA) is 144 Å². The van der Waals surface area contributed by atoms with E-state index >= 15 is 0 Å². The van der Waals surface area contributed by atoms with E-state index in [1.54, 1.807) is 0 Å². The van der Waals surface area contributed by atoms with E-state index in [1.807, 2.05) is 0 Å². The first-order chi connectivity index (χ1) is 9.95. The van der Waals surface area contributed by atoms with Crippen LogP contribution >= 0.6 is 0 Å². The molecule has 21 heavy (non-hydrogen) atoms. The van der Waals surface area contributed by atoms with Crippen molar-refractivity contribution >= 4 is 12.4 Å². The fourth-order valence-corrected chi connectivity index (χ4v) is 2.59. The van der Waals surface area contributed by atoms with Crippen LogP contribution in [0.5, 0.6) is 0 Å². The first-order valence-electron chi connectivity index (χ1n) is 6.43. The zero-order chi connectivity index (χ0) is 15.3. The first-order valence-corrected chi connectivity index (χ1v) is 6.43. The number of aliphatic hydroxyl groups excluding tert-OH is 3. The van der Waals surface area contributed by atoms with E-state index < -0.39 is 43.3 Å². The summed E-state index contributed by atoms with van der Waals surface area (Å²) in [5.74, 6) is 0.203. The van der Waals surface area contributed by atoms with E-state index in [2.05, 4.69) is 10.3 Å². The number of nitrogens with two attached hydrogens (primary N) is 1. The van der Waals surface area contributed by atoms with Crippen LogP contribution in [-0.4, -0.2) is 81.8 Å². The Morgan fingerprint density at radius 3 is 2.81 bits per heavy atom. The minimum atomic E-state index is -1.24. The number of amides is 2. The highest BCUT2D eigenvalue weighted by Crippen LogP contribution is 2.30. The number of hydrogen-bond acceptors (Lipinski definition) is 8. The van der Waals surface area contributed by atoms with Crippen LogP contribution in [0, 0.1) is 0 Å². The van der Waals surface area contributed by atoms with Gasteiger partial charge in [0, 0.05) is 7.05 Å². The SMILES string of the molecule is CN1C(=O)NC2C(=C1N)N=CN2C1OC(CO)C(O)C1O. The Morgan fingerprint density at radius 1 is 1.48 bits per heavy atom. The Balaban J connectivity index is 1.86. The van der Waals surface area contributed by atoms with Gasteiger partial charge >= 0.3 is 6.03 Å². The number of aliphatic imine (C=N–C) groups is 1. The largest absolute Gasteiger partial charge is 0.394 e. The van der Waals surface area contributed by atoms with Crippen LogP contribution in [0.2, 0.25) is 0 Å². The number of ether oxygens (including phenoxy) is 1. The van der Waals surface area contributed by atoms with Gasteiger partial charge in [-0.05, 0) is 0 Å². The standard InChI is InChI=1S/C11H17N5O5/c1-15-8(12)5-9(14-11(15)20)16(3-13-5)10-7(19)6(18)4(2-17)21-10/h3-4,6-7,9-10,17-19H,2,12H2,1H3,(H,14,20). The van der Waals surface area contributed by atoms with E-state index in [0.29, 0.717) is 5.70 Å². The minimum absolute atomic E-state index is 0.203. The summed E-state index contributed by atoms with van der Waals surface area (Å²) in [5.41, 5.74) is 6.27. The molecule has 3 rings (SSSR count). The molecule has 10 nitrogen and oxygen atoms in total. The first kappa shape index (κ1) is 14.1. The highest BCUT2D eigenvalue weighted by Gasteiger charge is 2.49. The maximum absolute atomic E-state index is 11.8. The van der Waals surface area contributed by atoms with Crippen molar-refractivity contribution in [1.29, 1.82) is 0 Å². The van der Waals surface area contributed by atoms with Crippen molar-refractivity contribution in [3.63, 3.8) is 0 Å². The van der Waals surface area contributed by atoms with Crippen LogP contribution in [-0.2, 0) is 4.74 Å². The van der Waals surface area contributed by atoms with Crippen molar-refractivity contribution in [3.8, 4) is 0 Å². The van der Waals surface area contributed by atoms with Gasteiger partial charge in [0.25, 0.3) is 0 Å². The Labute approximate surface area is 120 Å². The molecule has 1 fully saturated rings. The second kappa shape index (κ2) is 4.84. The molecule has 3 aliphatic heterocycles. The van der Waals surface area contributed by atoms with Gasteiger partial charge in [-0.15, -0.1) is 0 Å². The number of aliphatic hydroxyl groups is 3. The van der Waals surface area contributed by atoms with Gasteiger partial charge in [0.2, 0.25) is 0 Å². The quantitative estimate of drug-likeness (QED) is 0.363. The highest BCUT2D eigenvalue weighted by atomic mass is 16.6. The van der Waals surface area contributed by atoms with Crippen LogP contribution in [0.25, 0.3) is 0 Å². The molecular weight excluding hydrogens is 282 g/mol. The second-order valence-corrected chi connectivity index (χ2v) is 5.10. The molecule has 2 amide bonds. The molecule has 0 bridgehead atoms. The number of nitrogens with zero attached hydrogens (tertiary/aromatic N) is 3. The fraction of sp³-hybridized carbons (Fsp3) is 0.636. The summed E-state index contributed by atoms with van der Waals surface area (Å²) < 4.78 is 5.42. The van der Waals surface area contributed by atoms with Gasteiger partial charge in [-0.2, -0.15) is 0 Å². The van der Waals surface area contributed by atoms with Gasteiger partial charge in [-0.3, -0.25) is 4.90 Å². The molecule has 116 valence electrons. The van der Waals surface area contributed by atoms with Crippen molar-refractivity contribution in [2.75, 3.05) is 13.7 Å². The molecule has 0 aromatic carbocycles. The van der Waals surface area contributed by atoms with Crippen LogP contribution in [0.4, 0.5) is 4.79 Å². The monoisotopic (exact) mass is 299 g/mol. The number of nitrogens with one attached hydrogen (secondary N) is 1. The Bertz CT molecular complexity index is 523. The number of carbonyl (C=O) groups excluding carboxylic acids is 1. The Kier molecular flexibility index (Phi) is 3.24. The molecule has 0 spiro atoms. The lowest BCUT2D eigenvalue weighted by Gasteiger charge is -2.36. The third-order valence-corrected chi connectivity index (χ3v) is 3.89. The lowest BCUT2D eigenvalue weighted by molar-refractivity contribution is -0.0782. The second-order valence-electron chi connectivity index (χ2n) is 5.10. The van der Waals surface area contributed by atoms with E-state index in [-0.39, 0.29) is 5.82 Å². The summed E-state index contributed by atoms with van der Waals surface area (Å²) in [6, 6.07) is -0.413. The maximum atomic E-state index is 11.8. The van der Waals surface area contributed by atoms with Gasteiger partial charge in [0.05, 0.1) is 12.9 Å². The number of carbonyl (C=O) groups is 1. The van der Waals surface area contributed by atoms with Crippen molar-refractivity contribution in [3.05, 3.63) is 11.5 Å². The average molecular weight is 299 g/mol. The van der Waals surface area contributed by atoms with Crippen LogP contribution < -0.4 is 11.1 Å². The summed E-state index contributed by atoms with van der Waals surface area (Å²) in [6.07, 6.45) is -3.61. The molecule has 3 heterocycles. The van der Waals surface area contributed by atoms with Gasteiger partial charge < -0.3 is 36.0 Å². The smallest absolute Gasteiger partial charge is 0.324 e. The molecule has 3 aliphatic rings. The molecule has 5 unspecified atom stereocenters. The molecule has 6 N–H and O–H groups in total. The Hall–Kier alpha value is -1.88. The summed E-state index contributed by atoms with van der Waals surface area (Å²) in [7, 11) is 1.51. The van der Waals surface area contributed by atoms with Crippen LogP contribution in [0.3, 0.4) is 0 Å². The van der Waals surface area contributed by atoms with E-state index in [0.717, 1.165) is 0 Å². The molecule has 10 heteroatoms. The summed E-state index contributed by atoms with van der Waals surface area (Å²) in [5, 5.41) is 31.6. The zero-order valence-electron chi connectivity index (χ0n) is 11.2. The molecule has 0 aliphatic carbocycles. The number of rotatable bonds is 2. The van der Waals surface area contributed by atoms with Crippen molar-refractivity contribution < 1.29 is 24.9 Å². The molecule has 0 aromatic heterocycles. The van der Waals surface area contributed by atoms with E-state index in [1.165, 1.54) is 23.2 Å². The lowest BCUT2D eigenvalue weighted by Crippen LogP contribution is -2.58. The molecule has 0 aromatic rings. The number of hydrogen-bond donors (Lipinski definition) is 5. The van der Waals surface area contributed by atoms with E-state index in [9.17, 15) is 15.0 Å². The van der Waals surface area contributed by atoms with Crippen LogP contribution in [0.15, 0.2) is 16.5 Å². The van der Waals surface area contributed by atoms with Crippen molar-refractivity contribution in [2.24, 2.45) is 10.7 Å². The summed E-state index contributed by atoms with van der Waals surface area (Å²) in [6.45, 7) is -0.426. The normalized spacial score (nSPS) is 39.0. The predicted molar refractivity (Wildman–Crippen MR) is 69.4 cm³/mol. The minimum Gasteiger partial charge on any atom is -0.394 e. The van der Waals surface area contributed by atoms with Gasteiger partial charge in [-0.25, -0.2) is 9.79 Å². The lowest BCUT2D eigenvalue weighted by atomic mass is 10.1. The molecular formula is C11H17N5O5. The Morgan fingerprint density at radius 2 is 2.19 bits per heavy atom. The summed E-state index contributed by atoms with van der Waals surface area (Å²) in [4.78, 5) is 18.6. The average Bonchev–Trinajstić information content (AvgIpc) is 2.99. The molecule has 0 saturated carbocycles. The van der Waals surface area contributed by atoms with Crippen molar-refractivity contribution in [2.45, 2.75) is 30.7 Å². The zero-order valence-corrected chi connectivity index (χ0v) is 11.2. The molecule has 5 atom stereocenters. The van der Waals surface area contributed by atoms with Gasteiger partial charge in [0.15, 0.2) is 12.4 Å². The molecule has 0 radical (unpaired) electrons. The number of fused-ring (bicyclic) bond motifs is 1. The third-order valence-electron chi connectivity index (χ3n) is 3.89. The van der Waals surface area contributed by atoms with E-state index in [4.69, 9.17) is 15.6 Å². The number of urea groups is 1. The van der Waals surface area contributed by atoms with Crippen molar-refractivity contribution in [1.82, 2.24) is 15.1 Å². The predicted octanol–water partition coefficient (Wildman–Crippen LogP) is -3.12.